The molecule has 23 heavy (non-hydrogen) atoms. The molecule has 6 nitrogen and oxygen atoms in total. The van der Waals surface area contributed by atoms with Crippen LogP contribution < -0.4 is 9.64 Å². The van der Waals surface area contributed by atoms with E-state index in [0.717, 1.165) is 36.8 Å². The van der Waals surface area contributed by atoms with Gasteiger partial charge in [0.15, 0.2) is 5.82 Å². The summed E-state index contributed by atoms with van der Waals surface area (Å²) in [5.41, 5.74) is 0. The summed E-state index contributed by atoms with van der Waals surface area (Å²) in [6.07, 6.45) is 0.923. The number of carbonyl (C=O) groups is 1. The van der Waals surface area contributed by atoms with Crippen molar-refractivity contribution in [2.75, 3.05) is 37.7 Å². The number of anilines is 1. The number of thiophene rings is 1. The second-order valence-corrected chi connectivity index (χ2v) is 6.22. The summed E-state index contributed by atoms with van der Waals surface area (Å²) in [7, 11) is 0. The standard InChI is InChI=1S/C16H20N4O2S/c1-2-22-15-7-6-14(17-18-15)19-8-4-9-20(11-10-19)16(21)13-5-3-12-23-13/h3,5-7,12H,2,4,8-11H2,1H3. The molecule has 1 amide bonds. The fourth-order valence-corrected chi connectivity index (χ4v) is 3.30. The average Bonchev–Trinajstić information content (AvgIpc) is 3.00. The maximum absolute atomic E-state index is 12.4. The number of aromatic nitrogens is 2. The third-order valence-corrected chi connectivity index (χ3v) is 4.62. The Balaban J connectivity index is 1.63. The van der Waals surface area contributed by atoms with Gasteiger partial charge in [-0.15, -0.1) is 21.5 Å². The molecule has 0 bridgehead atoms. The van der Waals surface area contributed by atoms with E-state index in [-0.39, 0.29) is 5.91 Å². The summed E-state index contributed by atoms with van der Waals surface area (Å²) < 4.78 is 5.32. The topological polar surface area (TPSA) is 58.6 Å². The molecule has 122 valence electrons. The second kappa shape index (κ2) is 7.41. The van der Waals surface area contributed by atoms with Crippen molar-refractivity contribution >= 4 is 23.1 Å². The van der Waals surface area contributed by atoms with Crippen LogP contribution in [-0.2, 0) is 0 Å². The molecule has 3 rings (SSSR count). The number of carbonyl (C=O) groups excluding carboxylic acids is 1. The Morgan fingerprint density at radius 2 is 2.13 bits per heavy atom. The average molecular weight is 332 g/mol. The molecule has 1 fully saturated rings. The zero-order valence-electron chi connectivity index (χ0n) is 13.1. The van der Waals surface area contributed by atoms with E-state index in [1.54, 1.807) is 0 Å². The Labute approximate surface area is 139 Å². The van der Waals surface area contributed by atoms with Crippen LogP contribution in [0.4, 0.5) is 5.82 Å². The Bertz CT molecular complexity index is 630. The van der Waals surface area contributed by atoms with E-state index >= 15 is 0 Å². The van der Waals surface area contributed by atoms with E-state index in [0.29, 0.717) is 19.0 Å². The second-order valence-electron chi connectivity index (χ2n) is 5.27. The van der Waals surface area contributed by atoms with Crippen molar-refractivity contribution < 1.29 is 9.53 Å². The molecule has 3 heterocycles. The van der Waals surface area contributed by atoms with Gasteiger partial charge >= 0.3 is 0 Å². The summed E-state index contributed by atoms with van der Waals surface area (Å²) in [6, 6.07) is 7.56. The van der Waals surface area contributed by atoms with Gasteiger partial charge in [-0.3, -0.25) is 4.79 Å². The molecule has 0 aromatic carbocycles. The maximum atomic E-state index is 12.4. The first-order chi connectivity index (χ1) is 11.3. The Hall–Kier alpha value is -2.15. The minimum atomic E-state index is 0.125. The Morgan fingerprint density at radius 3 is 2.83 bits per heavy atom. The van der Waals surface area contributed by atoms with Crippen LogP contribution in [0.5, 0.6) is 5.88 Å². The molecule has 1 saturated heterocycles. The van der Waals surface area contributed by atoms with E-state index in [9.17, 15) is 4.79 Å². The van der Waals surface area contributed by atoms with Gasteiger partial charge in [-0.2, -0.15) is 0 Å². The SMILES string of the molecule is CCOc1ccc(N2CCCN(C(=O)c3cccs3)CC2)nn1. The third kappa shape index (κ3) is 3.79. The highest BCUT2D eigenvalue weighted by atomic mass is 32.1. The number of amides is 1. The molecule has 7 heteroatoms. The summed E-state index contributed by atoms with van der Waals surface area (Å²) in [5.74, 6) is 1.50. The predicted molar refractivity (Wildman–Crippen MR) is 90.3 cm³/mol. The van der Waals surface area contributed by atoms with Crippen molar-refractivity contribution in [3.05, 3.63) is 34.5 Å². The molecule has 0 radical (unpaired) electrons. The van der Waals surface area contributed by atoms with Crippen LogP contribution in [0.1, 0.15) is 23.0 Å². The molecule has 1 aliphatic rings. The first-order valence-electron chi connectivity index (χ1n) is 7.82. The molecule has 2 aromatic heterocycles. The molecule has 1 aliphatic heterocycles. The van der Waals surface area contributed by atoms with Gasteiger partial charge in [-0.1, -0.05) is 6.07 Å². The number of rotatable bonds is 4. The first-order valence-corrected chi connectivity index (χ1v) is 8.70. The quantitative estimate of drug-likeness (QED) is 0.860. The van der Waals surface area contributed by atoms with E-state index in [2.05, 4.69) is 15.1 Å². The van der Waals surface area contributed by atoms with Gasteiger partial charge in [0.1, 0.15) is 0 Å². The smallest absolute Gasteiger partial charge is 0.263 e. The molecular weight excluding hydrogens is 312 g/mol. The largest absolute Gasteiger partial charge is 0.477 e. The van der Waals surface area contributed by atoms with Crippen molar-refractivity contribution in [2.45, 2.75) is 13.3 Å². The van der Waals surface area contributed by atoms with Crippen molar-refractivity contribution in [3.63, 3.8) is 0 Å². The number of hydrogen-bond donors (Lipinski definition) is 0. The highest BCUT2D eigenvalue weighted by Crippen LogP contribution is 2.18. The van der Waals surface area contributed by atoms with Gasteiger partial charge in [-0.25, -0.2) is 0 Å². The van der Waals surface area contributed by atoms with Crippen LogP contribution in [0.25, 0.3) is 0 Å². The zero-order chi connectivity index (χ0) is 16.1. The lowest BCUT2D eigenvalue weighted by atomic mass is 10.3. The molecule has 2 aromatic rings. The van der Waals surface area contributed by atoms with Gasteiger partial charge in [0.25, 0.3) is 5.91 Å². The van der Waals surface area contributed by atoms with Gasteiger partial charge in [-0.05, 0) is 30.9 Å². The normalized spacial score (nSPS) is 15.3. The third-order valence-electron chi connectivity index (χ3n) is 3.76. The molecular formula is C16H20N4O2S. The van der Waals surface area contributed by atoms with Gasteiger partial charge in [0.2, 0.25) is 5.88 Å². The maximum Gasteiger partial charge on any atom is 0.263 e. The monoisotopic (exact) mass is 332 g/mol. The first kappa shape index (κ1) is 15.7. The van der Waals surface area contributed by atoms with Crippen LogP contribution >= 0.6 is 11.3 Å². The highest BCUT2D eigenvalue weighted by Gasteiger charge is 2.21. The molecule has 0 N–H and O–H groups in total. The van der Waals surface area contributed by atoms with Crippen LogP contribution in [0.3, 0.4) is 0 Å². The van der Waals surface area contributed by atoms with E-state index < -0.39 is 0 Å². The Morgan fingerprint density at radius 1 is 1.22 bits per heavy atom. The summed E-state index contributed by atoms with van der Waals surface area (Å²) in [4.78, 5) is 17.3. The lowest BCUT2D eigenvalue weighted by Gasteiger charge is -2.22. The molecule has 0 atom stereocenters. The number of nitrogens with zero attached hydrogens (tertiary/aromatic N) is 4. The van der Waals surface area contributed by atoms with E-state index in [1.807, 2.05) is 41.5 Å². The van der Waals surface area contributed by atoms with Crippen molar-refractivity contribution in [3.8, 4) is 5.88 Å². The van der Waals surface area contributed by atoms with E-state index in [4.69, 9.17) is 4.74 Å². The predicted octanol–water partition coefficient (Wildman–Crippen LogP) is 2.29. The van der Waals surface area contributed by atoms with Gasteiger partial charge in [0.05, 0.1) is 11.5 Å². The number of hydrogen-bond acceptors (Lipinski definition) is 6. The van der Waals surface area contributed by atoms with Crippen LogP contribution in [0.15, 0.2) is 29.6 Å². The molecule has 0 spiro atoms. The number of ether oxygens (including phenoxy) is 1. The summed E-state index contributed by atoms with van der Waals surface area (Å²) in [6.45, 7) is 5.61. The Kier molecular flexibility index (Phi) is 5.07. The zero-order valence-corrected chi connectivity index (χ0v) is 14.0. The van der Waals surface area contributed by atoms with Crippen molar-refractivity contribution in [1.82, 2.24) is 15.1 Å². The highest BCUT2D eigenvalue weighted by molar-refractivity contribution is 7.12. The summed E-state index contributed by atoms with van der Waals surface area (Å²) in [5, 5.41) is 10.2. The minimum absolute atomic E-state index is 0.125. The van der Waals surface area contributed by atoms with Crippen molar-refractivity contribution in [1.29, 1.82) is 0 Å². The molecule has 0 saturated carbocycles. The van der Waals surface area contributed by atoms with Crippen LogP contribution in [0.2, 0.25) is 0 Å². The van der Waals surface area contributed by atoms with Crippen molar-refractivity contribution in [2.24, 2.45) is 0 Å². The van der Waals surface area contributed by atoms with Gasteiger partial charge in [0, 0.05) is 32.2 Å². The molecule has 0 unspecified atom stereocenters. The van der Waals surface area contributed by atoms with Crippen LogP contribution in [-0.4, -0.2) is 53.8 Å². The fraction of sp³-hybridized carbons (Fsp3) is 0.438. The van der Waals surface area contributed by atoms with Gasteiger partial charge < -0.3 is 14.5 Å². The lowest BCUT2D eigenvalue weighted by Crippen LogP contribution is -2.35. The molecule has 0 aliphatic carbocycles. The van der Waals surface area contributed by atoms with Crippen LogP contribution in [0, 0.1) is 0 Å². The summed E-state index contributed by atoms with van der Waals surface area (Å²) >= 11 is 1.49. The lowest BCUT2D eigenvalue weighted by molar-refractivity contribution is 0.0772. The fourth-order valence-electron chi connectivity index (χ4n) is 2.61. The minimum Gasteiger partial charge on any atom is -0.477 e. The van der Waals surface area contributed by atoms with E-state index in [1.165, 1.54) is 11.3 Å².